The summed E-state index contributed by atoms with van der Waals surface area (Å²) in [4.78, 5) is 0. The van der Waals surface area contributed by atoms with Gasteiger partial charge in [0.05, 0.1) is 0 Å². The van der Waals surface area contributed by atoms with Crippen LogP contribution in [-0.4, -0.2) is 5.11 Å². The average Bonchev–Trinajstić information content (AvgIpc) is 1.69. The zero-order valence-electron chi connectivity index (χ0n) is 5.83. The maximum absolute atomic E-state index is 8.63. The molecule has 0 fully saturated rings. The normalized spacial score (nSPS) is 6.67. The Hall–Kier alpha value is 1.02. The van der Waals surface area contributed by atoms with E-state index in [0.717, 1.165) is 0 Å². The summed E-state index contributed by atoms with van der Waals surface area (Å²) in [6, 6.07) is 8.71. The molecule has 0 saturated heterocycles. The van der Waals surface area contributed by atoms with Crippen molar-refractivity contribution in [1.29, 1.82) is 0 Å². The topological polar surface area (TPSA) is 20.2 Å². The Bertz CT molecular complexity index is 141. The minimum Gasteiger partial charge on any atom is -0.508 e. The van der Waals surface area contributed by atoms with Crippen LogP contribution in [-0.2, 0) is 0 Å². The van der Waals surface area contributed by atoms with Crippen LogP contribution in [0.15, 0.2) is 30.3 Å². The van der Waals surface area contributed by atoms with Gasteiger partial charge < -0.3 is 5.11 Å². The van der Waals surface area contributed by atoms with E-state index in [1.54, 1.807) is 24.3 Å². The van der Waals surface area contributed by atoms with Gasteiger partial charge in [-0.3, -0.25) is 0 Å². The van der Waals surface area contributed by atoms with Gasteiger partial charge in [0.2, 0.25) is 0 Å². The van der Waals surface area contributed by atoms with Crippen LogP contribution in [0.2, 0.25) is 0 Å². The molecule has 0 bridgehead atoms. The number of aromatic hydroxyl groups is 1. The number of hydrogen-bond donors (Lipinski definition) is 1. The van der Waals surface area contributed by atoms with Crippen molar-refractivity contribution in [3.05, 3.63) is 30.3 Å². The van der Waals surface area contributed by atoms with Crippen molar-refractivity contribution in [1.82, 2.24) is 0 Å². The van der Waals surface area contributed by atoms with E-state index in [9.17, 15) is 0 Å². The Morgan fingerprint density at radius 2 is 1.33 bits per heavy atom. The molecule has 0 heterocycles. The number of phenolic OH excluding ortho intramolecular Hbond substituents is 1. The van der Waals surface area contributed by atoms with Crippen LogP contribution in [0.1, 0.15) is 0 Å². The van der Waals surface area contributed by atoms with E-state index in [2.05, 4.69) is 0 Å². The maximum atomic E-state index is 8.63. The first-order valence-corrected chi connectivity index (χ1v) is 2.13. The summed E-state index contributed by atoms with van der Waals surface area (Å²) >= 11 is 0. The second-order valence-electron chi connectivity index (χ2n) is 1.34. The van der Waals surface area contributed by atoms with Crippen LogP contribution in [0.5, 0.6) is 5.75 Å². The third-order valence-corrected chi connectivity index (χ3v) is 0.756. The minimum absolute atomic E-state index is 0. The first-order chi connectivity index (χ1) is 3.39. The smallest absolute Gasteiger partial charge is 0.508 e. The van der Waals surface area contributed by atoms with Crippen molar-refractivity contribution >= 4 is 0 Å². The van der Waals surface area contributed by atoms with Crippen LogP contribution in [0.4, 0.5) is 0 Å². The van der Waals surface area contributed by atoms with E-state index in [4.69, 9.17) is 5.11 Å². The first kappa shape index (κ1) is 12.7. The van der Waals surface area contributed by atoms with Crippen LogP contribution >= 0.6 is 0 Å². The molecule has 36 valence electrons. The van der Waals surface area contributed by atoms with Gasteiger partial charge in [-0.1, -0.05) is 18.2 Å². The molecule has 1 rings (SSSR count). The minimum atomic E-state index is 0. The fourth-order valence-corrected chi connectivity index (χ4v) is 0.428. The number of para-hydroxylation sites is 1. The maximum Gasteiger partial charge on any atom is 1.00 e. The van der Waals surface area contributed by atoms with Crippen molar-refractivity contribution in [2.24, 2.45) is 0 Å². The molecule has 0 unspecified atom stereocenters. The Morgan fingerprint density at radius 1 is 0.889 bits per heavy atom. The molecule has 0 saturated carbocycles. The van der Waals surface area contributed by atoms with E-state index in [0.29, 0.717) is 5.75 Å². The van der Waals surface area contributed by atoms with Gasteiger partial charge in [-0.25, -0.2) is 0 Å². The molecule has 0 radical (unpaired) electrons. The molecule has 0 spiro atoms. The average molecular weight is 140 g/mol. The third kappa shape index (κ3) is 5.46. The predicted octanol–water partition coefficient (Wildman–Crippen LogP) is -4.60. The van der Waals surface area contributed by atoms with Crippen molar-refractivity contribution in [2.75, 3.05) is 0 Å². The summed E-state index contributed by atoms with van der Waals surface area (Å²) in [5.74, 6) is 0.322. The number of benzene rings is 1. The van der Waals surface area contributed by atoms with E-state index >= 15 is 0 Å². The fraction of sp³-hybridized carbons (Fsp3) is 0. The zero-order valence-corrected chi connectivity index (χ0v) is 9.83. The van der Waals surface area contributed by atoms with Crippen LogP contribution in [0.3, 0.4) is 0 Å². The number of phenols is 1. The first-order valence-electron chi connectivity index (χ1n) is 2.13. The second-order valence-corrected chi connectivity index (χ2v) is 1.34. The van der Waals surface area contributed by atoms with Gasteiger partial charge in [0, 0.05) is 0 Å². The summed E-state index contributed by atoms with van der Waals surface area (Å²) < 4.78 is 0. The quantitative estimate of drug-likeness (QED) is 0.359. The van der Waals surface area contributed by atoms with Crippen LogP contribution in [0, 0.1) is 0 Å². The van der Waals surface area contributed by atoms with E-state index < -0.39 is 0 Å². The van der Waals surface area contributed by atoms with Crippen LogP contribution in [0.25, 0.3) is 0 Å². The molecular formula is C6H6Na2O+2. The Balaban J connectivity index is 0. The molecule has 1 N–H and O–H groups in total. The SMILES string of the molecule is Oc1ccccc1.[Na+].[Na+]. The fourth-order valence-electron chi connectivity index (χ4n) is 0.428. The molecule has 0 atom stereocenters. The molecule has 0 aromatic heterocycles. The van der Waals surface area contributed by atoms with Gasteiger partial charge in [-0.15, -0.1) is 0 Å². The summed E-state index contributed by atoms with van der Waals surface area (Å²) in [5, 5.41) is 8.63. The summed E-state index contributed by atoms with van der Waals surface area (Å²) in [7, 11) is 0. The van der Waals surface area contributed by atoms with Crippen molar-refractivity contribution < 1.29 is 64.2 Å². The van der Waals surface area contributed by atoms with Gasteiger partial charge >= 0.3 is 59.1 Å². The molecule has 0 aliphatic heterocycles. The van der Waals surface area contributed by atoms with Gasteiger partial charge in [0.15, 0.2) is 0 Å². The molecule has 3 heteroatoms. The van der Waals surface area contributed by atoms with E-state index in [1.807, 2.05) is 6.07 Å². The van der Waals surface area contributed by atoms with Gasteiger partial charge in [0.1, 0.15) is 5.75 Å². The Kier molecular flexibility index (Phi) is 10.0. The van der Waals surface area contributed by atoms with Crippen molar-refractivity contribution in [3.8, 4) is 5.75 Å². The molecule has 9 heavy (non-hydrogen) atoms. The number of hydrogen-bond acceptors (Lipinski definition) is 1. The monoisotopic (exact) mass is 140 g/mol. The number of rotatable bonds is 0. The molecule has 1 aromatic rings. The zero-order chi connectivity index (χ0) is 5.11. The molecule has 0 aliphatic rings. The Labute approximate surface area is 99.1 Å². The van der Waals surface area contributed by atoms with Gasteiger partial charge in [-0.05, 0) is 12.1 Å². The molecule has 0 aliphatic carbocycles. The third-order valence-electron chi connectivity index (χ3n) is 0.756. The summed E-state index contributed by atoms with van der Waals surface area (Å²) in [5.41, 5.74) is 0. The van der Waals surface area contributed by atoms with E-state index in [-0.39, 0.29) is 59.1 Å². The molecule has 0 amide bonds. The molecule has 1 aromatic carbocycles. The summed E-state index contributed by atoms with van der Waals surface area (Å²) in [6.07, 6.45) is 0. The predicted molar refractivity (Wildman–Crippen MR) is 28.1 cm³/mol. The Morgan fingerprint density at radius 3 is 1.56 bits per heavy atom. The molecule has 1 nitrogen and oxygen atoms in total. The second kappa shape index (κ2) is 7.13. The molecular weight excluding hydrogens is 134 g/mol. The van der Waals surface area contributed by atoms with Gasteiger partial charge in [0.25, 0.3) is 0 Å². The van der Waals surface area contributed by atoms with Crippen molar-refractivity contribution in [3.63, 3.8) is 0 Å². The van der Waals surface area contributed by atoms with Crippen LogP contribution < -0.4 is 59.1 Å². The standard InChI is InChI=1S/C6H6O.2Na/c7-6-4-2-1-3-5-6;;/h1-5,7H;;/q;2*+1. The van der Waals surface area contributed by atoms with Gasteiger partial charge in [-0.2, -0.15) is 0 Å². The largest absolute Gasteiger partial charge is 1.00 e. The van der Waals surface area contributed by atoms with Crippen molar-refractivity contribution in [2.45, 2.75) is 0 Å². The van der Waals surface area contributed by atoms with E-state index in [1.165, 1.54) is 0 Å². The summed E-state index contributed by atoms with van der Waals surface area (Å²) in [6.45, 7) is 0.